The SMILES string of the molecule is CS(=O)(=O)CCOOC(=O)O. The average molecular weight is 184 g/mol. The summed E-state index contributed by atoms with van der Waals surface area (Å²) >= 11 is 0. The molecule has 0 heterocycles. The second-order valence-corrected chi connectivity index (χ2v) is 4.06. The van der Waals surface area contributed by atoms with E-state index in [1.165, 1.54) is 0 Å². The van der Waals surface area contributed by atoms with Crippen molar-refractivity contribution in [2.75, 3.05) is 18.6 Å². The van der Waals surface area contributed by atoms with Crippen LogP contribution in [-0.2, 0) is 19.6 Å². The fourth-order valence-electron chi connectivity index (χ4n) is 0.277. The zero-order valence-electron chi connectivity index (χ0n) is 5.81. The van der Waals surface area contributed by atoms with E-state index in [4.69, 9.17) is 5.11 Å². The minimum atomic E-state index is -3.12. The predicted octanol–water partition coefficient (Wildman–Crippen LogP) is -0.343. The van der Waals surface area contributed by atoms with Crippen molar-refractivity contribution in [3.05, 3.63) is 0 Å². The van der Waals surface area contributed by atoms with Gasteiger partial charge in [0.2, 0.25) is 0 Å². The summed E-state index contributed by atoms with van der Waals surface area (Å²) in [4.78, 5) is 17.2. The van der Waals surface area contributed by atoms with Crippen molar-refractivity contribution in [2.24, 2.45) is 0 Å². The molecular formula is C4H8O6S. The second kappa shape index (κ2) is 4.14. The molecule has 0 bridgehead atoms. The minimum Gasteiger partial charge on any atom is -0.448 e. The van der Waals surface area contributed by atoms with E-state index in [1.54, 1.807) is 0 Å². The molecule has 0 fully saturated rings. The summed E-state index contributed by atoms with van der Waals surface area (Å²) in [7, 11) is -3.12. The summed E-state index contributed by atoms with van der Waals surface area (Å²) in [6.07, 6.45) is -0.588. The van der Waals surface area contributed by atoms with Crippen molar-refractivity contribution in [1.29, 1.82) is 0 Å². The summed E-state index contributed by atoms with van der Waals surface area (Å²) < 4.78 is 20.8. The Hall–Kier alpha value is -0.820. The van der Waals surface area contributed by atoms with Crippen LogP contribution in [0.5, 0.6) is 0 Å². The van der Waals surface area contributed by atoms with Crippen LogP contribution in [0, 0.1) is 0 Å². The summed E-state index contributed by atoms with van der Waals surface area (Å²) in [6.45, 7) is -0.287. The average Bonchev–Trinajstić information content (AvgIpc) is 1.78. The Morgan fingerprint density at radius 2 is 2.09 bits per heavy atom. The maximum atomic E-state index is 10.4. The Morgan fingerprint density at radius 1 is 1.55 bits per heavy atom. The van der Waals surface area contributed by atoms with Gasteiger partial charge in [-0.1, -0.05) is 0 Å². The van der Waals surface area contributed by atoms with Crippen LogP contribution < -0.4 is 0 Å². The zero-order valence-corrected chi connectivity index (χ0v) is 6.63. The van der Waals surface area contributed by atoms with E-state index in [-0.39, 0.29) is 12.4 Å². The second-order valence-electron chi connectivity index (χ2n) is 1.80. The van der Waals surface area contributed by atoms with Crippen molar-refractivity contribution < 1.29 is 28.1 Å². The summed E-state index contributed by atoms with van der Waals surface area (Å²) in [5.74, 6) is -0.264. The molecule has 0 aliphatic carbocycles. The fourth-order valence-corrected chi connectivity index (χ4v) is 0.648. The smallest absolute Gasteiger partial charge is 0.448 e. The Bertz CT molecular complexity index is 217. The third-order valence-corrected chi connectivity index (χ3v) is 1.58. The lowest BCUT2D eigenvalue weighted by atomic mass is 10.9. The van der Waals surface area contributed by atoms with E-state index in [1.807, 2.05) is 0 Å². The summed E-state index contributed by atoms with van der Waals surface area (Å²) in [5.41, 5.74) is 0. The third-order valence-electron chi connectivity index (χ3n) is 0.668. The molecule has 0 saturated heterocycles. The van der Waals surface area contributed by atoms with Crippen molar-refractivity contribution in [3.8, 4) is 0 Å². The van der Waals surface area contributed by atoms with E-state index < -0.39 is 16.0 Å². The molecule has 0 spiro atoms. The lowest BCUT2D eigenvalue weighted by Crippen LogP contribution is -2.12. The largest absolute Gasteiger partial charge is 0.537 e. The van der Waals surface area contributed by atoms with Gasteiger partial charge in [0.05, 0.1) is 5.75 Å². The Labute approximate surface area is 63.6 Å². The van der Waals surface area contributed by atoms with Crippen LogP contribution >= 0.6 is 0 Å². The molecule has 0 atom stereocenters. The first-order valence-electron chi connectivity index (χ1n) is 2.62. The van der Waals surface area contributed by atoms with Crippen LogP contribution in [0.1, 0.15) is 0 Å². The highest BCUT2D eigenvalue weighted by atomic mass is 32.2. The topological polar surface area (TPSA) is 89.9 Å². The minimum absolute atomic E-state index is 0.264. The first-order valence-corrected chi connectivity index (χ1v) is 4.68. The van der Waals surface area contributed by atoms with Crippen LogP contribution in [0.4, 0.5) is 4.79 Å². The molecule has 66 valence electrons. The number of carbonyl (C=O) groups is 1. The quantitative estimate of drug-likeness (QED) is 0.365. The lowest BCUT2D eigenvalue weighted by Gasteiger charge is -1.97. The van der Waals surface area contributed by atoms with Crippen molar-refractivity contribution in [3.63, 3.8) is 0 Å². The molecule has 6 nitrogen and oxygen atoms in total. The standard InChI is InChI=1S/C4H8O6S/c1-11(7,8)3-2-9-10-4(5)6/h2-3H2,1H3,(H,5,6). The maximum Gasteiger partial charge on any atom is 0.537 e. The summed E-state index contributed by atoms with van der Waals surface area (Å²) in [6, 6.07) is 0. The molecule has 0 aliphatic heterocycles. The zero-order chi connectivity index (χ0) is 8.91. The molecule has 1 N–H and O–H groups in total. The molecule has 0 aromatic heterocycles. The van der Waals surface area contributed by atoms with Crippen molar-refractivity contribution in [1.82, 2.24) is 0 Å². The van der Waals surface area contributed by atoms with Crippen molar-refractivity contribution >= 4 is 16.0 Å². The van der Waals surface area contributed by atoms with E-state index in [0.29, 0.717) is 0 Å². The van der Waals surface area contributed by atoms with Gasteiger partial charge in [0.15, 0.2) is 0 Å². The first-order chi connectivity index (χ1) is 4.92. The Balaban J connectivity index is 3.37. The molecule has 0 aliphatic rings. The van der Waals surface area contributed by atoms with Gasteiger partial charge in [-0.15, -0.1) is 0 Å². The number of hydrogen-bond acceptors (Lipinski definition) is 5. The van der Waals surface area contributed by atoms with Gasteiger partial charge >= 0.3 is 6.16 Å². The van der Waals surface area contributed by atoms with Crippen LogP contribution in [0.15, 0.2) is 0 Å². The highest BCUT2D eigenvalue weighted by molar-refractivity contribution is 7.90. The van der Waals surface area contributed by atoms with E-state index in [0.717, 1.165) is 6.26 Å². The molecule has 11 heavy (non-hydrogen) atoms. The highest BCUT2D eigenvalue weighted by Crippen LogP contribution is 1.85. The predicted molar refractivity (Wildman–Crippen MR) is 34.8 cm³/mol. The Morgan fingerprint density at radius 3 is 2.45 bits per heavy atom. The van der Waals surface area contributed by atoms with Gasteiger partial charge < -0.3 is 5.11 Å². The molecule has 7 heteroatoms. The molecule has 0 unspecified atom stereocenters. The summed E-state index contributed by atoms with van der Waals surface area (Å²) in [5, 5.41) is 7.85. The fraction of sp³-hybridized carbons (Fsp3) is 0.750. The molecule has 0 aromatic rings. The molecular weight excluding hydrogens is 176 g/mol. The molecule has 0 aromatic carbocycles. The van der Waals surface area contributed by atoms with Gasteiger partial charge in [-0.25, -0.2) is 13.2 Å². The lowest BCUT2D eigenvalue weighted by molar-refractivity contribution is -0.246. The van der Waals surface area contributed by atoms with E-state index >= 15 is 0 Å². The van der Waals surface area contributed by atoms with Crippen LogP contribution in [-0.4, -0.2) is 38.3 Å². The van der Waals surface area contributed by atoms with Crippen molar-refractivity contribution in [2.45, 2.75) is 0 Å². The number of rotatable bonds is 4. The van der Waals surface area contributed by atoms with E-state index in [2.05, 4.69) is 9.78 Å². The van der Waals surface area contributed by atoms with Crippen LogP contribution in [0.25, 0.3) is 0 Å². The van der Waals surface area contributed by atoms with Gasteiger partial charge in [-0.2, -0.15) is 4.89 Å². The van der Waals surface area contributed by atoms with Gasteiger partial charge in [-0.3, -0.25) is 4.89 Å². The molecule has 0 saturated carbocycles. The van der Waals surface area contributed by atoms with Crippen LogP contribution in [0.3, 0.4) is 0 Å². The van der Waals surface area contributed by atoms with Gasteiger partial charge in [0.1, 0.15) is 16.4 Å². The third kappa shape index (κ3) is 9.18. The molecule has 0 amide bonds. The number of carboxylic acid groups (broad SMARTS) is 1. The monoisotopic (exact) mass is 184 g/mol. The van der Waals surface area contributed by atoms with Gasteiger partial charge in [0, 0.05) is 6.26 Å². The highest BCUT2D eigenvalue weighted by Gasteiger charge is 2.03. The van der Waals surface area contributed by atoms with Gasteiger partial charge in [0.25, 0.3) is 0 Å². The molecule has 0 radical (unpaired) electrons. The van der Waals surface area contributed by atoms with Crippen LogP contribution in [0.2, 0.25) is 0 Å². The van der Waals surface area contributed by atoms with E-state index in [9.17, 15) is 13.2 Å². The molecule has 0 rings (SSSR count). The first kappa shape index (κ1) is 10.2. The Kier molecular flexibility index (Phi) is 3.83. The maximum absolute atomic E-state index is 10.4. The number of sulfone groups is 1. The number of hydrogen-bond donors (Lipinski definition) is 1. The van der Waals surface area contributed by atoms with Gasteiger partial charge in [-0.05, 0) is 0 Å². The normalized spacial score (nSPS) is 11.0.